The number of aromatic amines is 1. The molecule has 1 amide bonds. The number of rotatable bonds is 6. The van der Waals surface area contributed by atoms with Gasteiger partial charge in [-0.2, -0.15) is 5.10 Å². The number of carbonyl (C=O) groups is 1. The van der Waals surface area contributed by atoms with Gasteiger partial charge >= 0.3 is 0 Å². The van der Waals surface area contributed by atoms with Crippen molar-refractivity contribution in [1.82, 2.24) is 19.7 Å². The Morgan fingerprint density at radius 1 is 1.14 bits per heavy atom. The van der Waals surface area contributed by atoms with Crippen LogP contribution in [0.15, 0.2) is 37.2 Å². The van der Waals surface area contributed by atoms with E-state index in [1.54, 1.807) is 7.11 Å². The molecule has 0 saturated carbocycles. The van der Waals surface area contributed by atoms with Crippen LogP contribution in [-0.4, -0.2) is 40.8 Å². The van der Waals surface area contributed by atoms with Crippen LogP contribution in [0.3, 0.4) is 0 Å². The molecule has 182 valence electrons. The number of hydrogen-bond acceptors (Lipinski definition) is 4. The van der Waals surface area contributed by atoms with Gasteiger partial charge in [0, 0.05) is 57.6 Å². The molecule has 0 fully saturated rings. The van der Waals surface area contributed by atoms with Crippen molar-refractivity contribution < 1.29 is 9.53 Å². The van der Waals surface area contributed by atoms with E-state index in [2.05, 4.69) is 55.5 Å². The number of ether oxygens (including phenoxy) is 1. The van der Waals surface area contributed by atoms with E-state index in [-0.39, 0.29) is 5.91 Å². The molecular formula is C27H33N5O2Si. The molecule has 4 rings (SSSR count). The van der Waals surface area contributed by atoms with Crippen molar-refractivity contribution in [3.63, 3.8) is 0 Å². The van der Waals surface area contributed by atoms with Crippen molar-refractivity contribution in [3.05, 3.63) is 54.0 Å². The van der Waals surface area contributed by atoms with Crippen molar-refractivity contribution in [2.24, 2.45) is 7.05 Å². The zero-order valence-electron chi connectivity index (χ0n) is 21.8. The summed E-state index contributed by atoms with van der Waals surface area (Å²) in [7, 11) is 1.77. The summed E-state index contributed by atoms with van der Waals surface area (Å²) < 4.78 is 7.60. The third-order valence-electron chi connectivity index (χ3n) is 6.67. The van der Waals surface area contributed by atoms with E-state index in [1.165, 1.54) is 11.4 Å². The number of H-pyrrole nitrogens is 1. The molecule has 0 aliphatic heterocycles. The summed E-state index contributed by atoms with van der Waals surface area (Å²) in [6.07, 6.45) is 5.10. The first kappa shape index (κ1) is 24.5. The van der Waals surface area contributed by atoms with Gasteiger partial charge in [0.25, 0.3) is 0 Å². The Morgan fingerprint density at radius 3 is 2.43 bits per heavy atom. The maximum absolute atomic E-state index is 12.2. The molecule has 8 heteroatoms. The SMILES string of the molecule is C=CC(=O)Nc1cc(-c2c([Si](C)(C)C)[nH]c3ncc(-c4cnn(C)c4C)c(C)c23)cc(OC)c1C. The van der Waals surface area contributed by atoms with Gasteiger partial charge in [-0.1, -0.05) is 26.2 Å². The highest BCUT2D eigenvalue weighted by Gasteiger charge is 2.28. The van der Waals surface area contributed by atoms with Gasteiger partial charge < -0.3 is 15.0 Å². The fourth-order valence-electron chi connectivity index (χ4n) is 4.55. The molecule has 1 aromatic carbocycles. The largest absolute Gasteiger partial charge is 0.496 e. The Labute approximate surface area is 207 Å². The van der Waals surface area contributed by atoms with Gasteiger partial charge in [-0.3, -0.25) is 9.48 Å². The van der Waals surface area contributed by atoms with Crippen molar-refractivity contribution in [1.29, 1.82) is 0 Å². The molecule has 0 aliphatic carbocycles. The van der Waals surface area contributed by atoms with Crippen molar-refractivity contribution in [2.45, 2.75) is 40.4 Å². The van der Waals surface area contributed by atoms with Gasteiger partial charge in [0.05, 0.1) is 21.4 Å². The summed E-state index contributed by atoms with van der Waals surface area (Å²) in [4.78, 5) is 20.7. The normalized spacial score (nSPS) is 11.7. The first-order valence-corrected chi connectivity index (χ1v) is 15.1. The molecular weight excluding hydrogens is 454 g/mol. The Morgan fingerprint density at radius 2 is 1.86 bits per heavy atom. The van der Waals surface area contributed by atoms with Crippen LogP contribution in [0.1, 0.15) is 16.8 Å². The molecule has 0 bridgehead atoms. The highest BCUT2D eigenvalue weighted by molar-refractivity contribution is 6.89. The van der Waals surface area contributed by atoms with Crippen LogP contribution in [0.25, 0.3) is 33.3 Å². The van der Waals surface area contributed by atoms with Crippen molar-refractivity contribution >= 4 is 36.0 Å². The third-order valence-corrected chi connectivity index (χ3v) is 8.54. The first-order valence-electron chi connectivity index (χ1n) is 11.6. The number of benzene rings is 1. The number of nitrogens with zero attached hydrogens (tertiary/aromatic N) is 3. The second kappa shape index (κ2) is 8.85. The van der Waals surface area contributed by atoms with Crippen LogP contribution in [0.2, 0.25) is 19.6 Å². The summed E-state index contributed by atoms with van der Waals surface area (Å²) in [6.45, 7) is 16.7. The highest BCUT2D eigenvalue weighted by Crippen LogP contribution is 2.39. The fourth-order valence-corrected chi connectivity index (χ4v) is 6.07. The number of amides is 1. The Balaban J connectivity index is 2.08. The van der Waals surface area contributed by atoms with Crippen molar-refractivity contribution in [3.8, 4) is 28.0 Å². The van der Waals surface area contributed by atoms with Crippen LogP contribution in [-0.2, 0) is 11.8 Å². The quantitative estimate of drug-likeness (QED) is 0.288. The summed E-state index contributed by atoms with van der Waals surface area (Å²) in [5, 5.41) is 9.67. The standard InChI is InChI=1S/C27H33N5O2Si/c1-10-23(33)30-21-11-18(12-22(34-6)16(21)3)25-24-15(2)19(20-14-29-32(5)17(20)4)13-28-26(24)31-27(25)35(7,8)9/h10-14H,1H2,2-9H3,(H,28,31)(H,30,33). The summed E-state index contributed by atoms with van der Waals surface area (Å²) >= 11 is 0. The lowest BCUT2D eigenvalue weighted by Gasteiger charge is -2.20. The zero-order chi connectivity index (χ0) is 25.7. The number of fused-ring (bicyclic) bond motifs is 1. The van der Waals surface area contributed by atoms with E-state index in [9.17, 15) is 4.79 Å². The lowest BCUT2D eigenvalue weighted by Crippen LogP contribution is -2.39. The van der Waals surface area contributed by atoms with Gasteiger partial charge in [0.2, 0.25) is 5.91 Å². The number of methoxy groups -OCH3 is 1. The zero-order valence-corrected chi connectivity index (χ0v) is 22.8. The predicted molar refractivity (Wildman–Crippen MR) is 146 cm³/mol. The minimum Gasteiger partial charge on any atom is -0.496 e. The molecule has 0 unspecified atom stereocenters. The van der Waals surface area contributed by atoms with E-state index in [4.69, 9.17) is 9.72 Å². The third kappa shape index (κ3) is 4.18. The number of aromatic nitrogens is 4. The minimum absolute atomic E-state index is 0.260. The number of anilines is 1. The van der Waals surface area contributed by atoms with Gasteiger partial charge in [0.1, 0.15) is 11.4 Å². The fraction of sp³-hybridized carbons (Fsp3) is 0.296. The lowest BCUT2D eigenvalue weighted by molar-refractivity contribution is -0.111. The molecule has 35 heavy (non-hydrogen) atoms. The summed E-state index contributed by atoms with van der Waals surface area (Å²) in [5.74, 6) is 0.450. The molecule has 0 atom stereocenters. The van der Waals surface area contributed by atoms with Crippen LogP contribution >= 0.6 is 0 Å². The maximum Gasteiger partial charge on any atom is 0.247 e. The molecule has 0 spiro atoms. The topological polar surface area (TPSA) is 84.8 Å². The molecule has 3 aromatic heterocycles. The summed E-state index contributed by atoms with van der Waals surface area (Å²) in [5.41, 5.74) is 8.86. The van der Waals surface area contributed by atoms with E-state index >= 15 is 0 Å². The van der Waals surface area contributed by atoms with Crippen LogP contribution < -0.4 is 15.4 Å². The Kier molecular flexibility index (Phi) is 6.19. The molecule has 3 heterocycles. The van der Waals surface area contributed by atoms with Crippen LogP contribution in [0.4, 0.5) is 5.69 Å². The van der Waals surface area contributed by atoms with E-state index in [0.29, 0.717) is 11.4 Å². The lowest BCUT2D eigenvalue weighted by atomic mass is 9.96. The van der Waals surface area contributed by atoms with E-state index in [0.717, 1.165) is 50.1 Å². The number of aryl methyl sites for hydroxylation is 2. The van der Waals surface area contributed by atoms with Crippen molar-refractivity contribution in [2.75, 3.05) is 12.4 Å². The Hall–Kier alpha value is -3.65. The number of hydrogen-bond donors (Lipinski definition) is 2. The van der Waals surface area contributed by atoms with E-state index in [1.807, 2.05) is 43.2 Å². The predicted octanol–water partition coefficient (Wildman–Crippen LogP) is 5.23. The minimum atomic E-state index is -1.82. The van der Waals surface area contributed by atoms with Crippen LogP contribution in [0, 0.1) is 20.8 Å². The average molecular weight is 488 g/mol. The number of pyridine rings is 1. The molecule has 0 aliphatic rings. The van der Waals surface area contributed by atoms with Gasteiger partial charge in [-0.15, -0.1) is 0 Å². The molecule has 4 aromatic rings. The maximum atomic E-state index is 12.2. The van der Waals surface area contributed by atoms with Gasteiger partial charge in [-0.25, -0.2) is 4.98 Å². The second-order valence-electron chi connectivity index (χ2n) is 9.96. The molecule has 0 saturated heterocycles. The monoisotopic (exact) mass is 487 g/mol. The smallest absolute Gasteiger partial charge is 0.247 e. The first-order chi connectivity index (χ1) is 16.5. The molecule has 0 radical (unpaired) electrons. The summed E-state index contributed by atoms with van der Waals surface area (Å²) in [6, 6.07) is 4.07. The number of carbonyl (C=O) groups excluding carboxylic acids is 1. The average Bonchev–Trinajstić information content (AvgIpc) is 3.36. The van der Waals surface area contributed by atoms with E-state index < -0.39 is 8.07 Å². The van der Waals surface area contributed by atoms with Gasteiger partial charge in [0.15, 0.2) is 0 Å². The Bertz CT molecular complexity index is 1470. The highest BCUT2D eigenvalue weighted by atomic mass is 28.3. The molecule has 2 N–H and O–H groups in total. The number of nitrogens with one attached hydrogen (secondary N) is 2. The molecule has 7 nitrogen and oxygen atoms in total. The van der Waals surface area contributed by atoms with Gasteiger partial charge in [-0.05, 0) is 50.1 Å². The van der Waals surface area contributed by atoms with Crippen LogP contribution in [0.5, 0.6) is 5.75 Å². The second-order valence-corrected chi connectivity index (χ2v) is 15.0.